The molecule has 28 heavy (non-hydrogen) atoms. The second kappa shape index (κ2) is 9.09. The maximum Gasteiger partial charge on any atom is 0.191 e. The van der Waals surface area contributed by atoms with Crippen molar-refractivity contribution in [2.45, 2.75) is 38.1 Å². The third-order valence-electron chi connectivity index (χ3n) is 5.79. The SMILES string of the molecule is CCNC(=NCC1CC1c1ccccc1)NC1CCN(c2ccccn2)CC1. The van der Waals surface area contributed by atoms with Gasteiger partial charge in [0.05, 0.1) is 0 Å². The van der Waals surface area contributed by atoms with Crippen molar-refractivity contribution in [1.82, 2.24) is 15.6 Å². The summed E-state index contributed by atoms with van der Waals surface area (Å²) < 4.78 is 0. The number of rotatable bonds is 6. The lowest BCUT2D eigenvalue weighted by Gasteiger charge is -2.33. The Kier molecular flexibility index (Phi) is 6.10. The van der Waals surface area contributed by atoms with E-state index in [9.17, 15) is 0 Å². The van der Waals surface area contributed by atoms with E-state index >= 15 is 0 Å². The van der Waals surface area contributed by atoms with Gasteiger partial charge in [-0.2, -0.15) is 0 Å². The van der Waals surface area contributed by atoms with Gasteiger partial charge in [-0.25, -0.2) is 4.98 Å². The largest absolute Gasteiger partial charge is 0.357 e. The van der Waals surface area contributed by atoms with E-state index in [0.29, 0.717) is 17.9 Å². The number of hydrogen-bond donors (Lipinski definition) is 2. The number of nitrogens with zero attached hydrogens (tertiary/aromatic N) is 3. The first-order chi connectivity index (χ1) is 13.8. The van der Waals surface area contributed by atoms with Crippen LogP contribution in [0.25, 0.3) is 0 Å². The Morgan fingerprint density at radius 2 is 1.89 bits per heavy atom. The summed E-state index contributed by atoms with van der Waals surface area (Å²) in [6, 6.07) is 17.4. The number of hydrogen-bond acceptors (Lipinski definition) is 3. The minimum absolute atomic E-state index is 0.474. The molecule has 1 saturated carbocycles. The van der Waals surface area contributed by atoms with Crippen LogP contribution in [0.15, 0.2) is 59.7 Å². The molecule has 2 heterocycles. The van der Waals surface area contributed by atoms with Crippen molar-refractivity contribution in [1.29, 1.82) is 0 Å². The van der Waals surface area contributed by atoms with E-state index in [4.69, 9.17) is 4.99 Å². The molecule has 0 amide bonds. The van der Waals surface area contributed by atoms with Gasteiger partial charge in [-0.1, -0.05) is 36.4 Å². The van der Waals surface area contributed by atoms with Gasteiger partial charge in [-0.3, -0.25) is 4.99 Å². The average Bonchev–Trinajstić information content (AvgIpc) is 3.54. The number of piperidine rings is 1. The summed E-state index contributed by atoms with van der Waals surface area (Å²) in [5, 5.41) is 7.08. The molecule has 0 radical (unpaired) electrons. The van der Waals surface area contributed by atoms with E-state index in [0.717, 1.165) is 50.8 Å². The summed E-state index contributed by atoms with van der Waals surface area (Å²) in [7, 11) is 0. The summed E-state index contributed by atoms with van der Waals surface area (Å²) in [5.41, 5.74) is 1.46. The molecule has 1 aliphatic heterocycles. The van der Waals surface area contributed by atoms with Crippen molar-refractivity contribution < 1.29 is 0 Å². The van der Waals surface area contributed by atoms with Crippen LogP contribution < -0.4 is 15.5 Å². The molecular formula is C23H31N5. The number of nitrogens with one attached hydrogen (secondary N) is 2. The highest BCUT2D eigenvalue weighted by Gasteiger charge is 2.37. The molecule has 2 fully saturated rings. The van der Waals surface area contributed by atoms with Gasteiger partial charge in [0.15, 0.2) is 5.96 Å². The van der Waals surface area contributed by atoms with Crippen molar-refractivity contribution in [3.63, 3.8) is 0 Å². The van der Waals surface area contributed by atoms with Crippen molar-refractivity contribution in [2.24, 2.45) is 10.9 Å². The molecule has 1 saturated heterocycles. The number of aliphatic imine (C=N–C) groups is 1. The second-order valence-corrected chi connectivity index (χ2v) is 7.83. The topological polar surface area (TPSA) is 52.6 Å². The summed E-state index contributed by atoms with van der Waals surface area (Å²) in [6.07, 6.45) is 5.35. The Bertz CT molecular complexity index is 753. The van der Waals surface area contributed by atoms with Crippen LogP contribution in [0.3, 0.4) is 0 Å². The first-order valence-electron chi connectivity index (χ1n) is 10.6. The van der Waals surface area contributed by atoms with Gasteiger partial charge in [0.25, 0.3) is 0 Å². The fourth-order valence-corrected chi connectivity index (χ4v) is 4.07. The summed E-state index contributed by atoms with van der Waals surface area (Å²) in [4.78, 5) is 11.7. The van der Waals surface area contributed by atoms with Crippen LogP contribution in [0.5, 0.6) is 0 Å². The fraction of sp³-hybridized carbons (Fsp3) is 0.478. The quantitative estimate of drug-likeness (QED) is 0.598. The second-order valence-electron chi connectivity index (χ2n) is 7.83. The number of anilines is 1. The van der Waals surface area contributed by atoms with Gasteiger partial charge in [0.1, 0.15) is 5.82 Å². The zero-order valence-corrected chi connectivity index (χ0v) is 16.7. The average molecular weight is 378 g/mol. The molecule has 1 aromatic heterocycles. The molecule has 2 atom stereocenters. The molecule has 2 aromatic rings. The molecular weight excluding hydrogens is 346 g/mol. The van der Waals surface area contributed by atoms with Crippen molar-refractivity contribution in [3.8, 4) is 0 Å². The first kappa shape index (κ1) is 18.8. The zero-order valence-electron chi connectivity index (χ0n) is 16.7. The highest BCUT2D eigenvalue weighted by Crippen LogP contribution is 2.47. The summed E-state index contributed by atoms with van der Waals surface area (Å²) in [5.74, 6) is 3.43. The Hall–Kier alpha value is -2.56. The number of aromatic nitrogens is 1. The lowest BCUT2D eigenvalue weighted by Crippen LogP contribution is -2.49. The maximum absolute atomic E-state index is 4.89. The monoisotopic (exact) mass is 377 g/mol. The molecule has 2 unspecified atom stereocenters. The number of benzene rings is 1. The Balaban J connectivity index is 1.27. The molecule has 2 N–H and O–H groups in total. The van der Waals surface area contributed by atoms with Gasteiger partial charge in [0.2, 0.25) is 0 Å². The van der Waals surface area contributed by atoms with Crippen molar-refractivity contribution >= 4 is 11.8 Å². The molecule has 0 spiro atoms. The van der Waals surface area contributed by atoms with E-state index in [1.54, 1.807) is 0 Å². The lowest BCUT2D eigenvalue weighted by atomic mass is 10.1. The minimum atomic E-state index is 0.474. The predicted molar refractivity (Wildman–Crippen MR) is 116 cm³/mol. The Morgan fingerprint density at radius 1 is 1.11 bits per heavy atom. The van der Waals surface area contributed by atoms with Gasteiger partial charge < -0.3 is 15.5 Å². The molecule has 5 nitrogen and oxygen atoms in total. The molecule has 0 bridgehead atoms. The van der Waals surface area contributed by atoms with Crippen LogP contribution in [0, 0.1) is 5.92 Å². The van der Waals surface area contributed by atoms with Gasteiger partial charge in [-0.15, -0.1) is 0 Å². The predicted octanol–water partition coefficient (Wildman–Crippen LogP) is 3.41. The summed E-state index contributed by atoms with van der Waals surface area (Å²) >= 11 is 0. The number of pyridine rings is 1. The van der Waals surface area contributed by atoms with E-state index in [2.05, 4.69) is 69.9 Å². The van der Waals surface area contributed by atoms with Crippen LogP contribution in [0.4, 0.5) is 5.82 Å². The van der Waals surface area contributed by atoms with Crippen LogP contribution in [0.2, 0.25) is 0 Å². The van der Waals surface area contributed by atoms with Crippen LogP contribution in [-0.2, 0) is 0 Å². The fourth-order valence-electron chi connectivity index (χ4n) is 4.07. The van der Waals surface area contributed by atoms with Crippen LogP contribution in [-0.4, -0.2) is 43.2 Å². The van der Waals surface area contributed by atoms with E-state index in [1.807, 2.05) is 12.3 Å². The van der Waals surface area contributed by atoms with Crippen LogP contribution >= 0.6 is 0 Å². The van der Waals surface area contributed by atoms with Gasteiger partial charge in [0, 0.05) is 38.4 Å². The lowest BCUT2D eigenvalue weighted by molar-refractivity contribution is 0.459. The smallest absolute Gasteiger partial charge is 0.191 e. The van der Waals surface area contributed by atoms with Crippen molar-refractivity contribution in [2.75, 3.05) is 31.1 Å². The molecule has 1 aliphatic carbocycles. The van der Waals surface area contributed by atoms with E-state index < -0.39 is 0 Å². The molecule has 1 aromatic carbocycles. The Morgan fingerprint density at radius 3 is 2.61 bits per heavy atom. The first-order valence-corrected chi connectivity index (χ1v) is 10.6. The van der Waals surface area contributed by atoms with E-state index in [-0.39, 0.29) is 0 Å². The van der Waals surface area contributed by atoms with Gasteiger partial charge in [-0.05, 0) is 55.7 Å². The molecule has 148 valence electrons. The Labute approximate surface area is 168 Å². The number of guanidine groups is 1. The molecule has 4 rings (SSSR count). The van der Waals surface area contributed by atoms with Gasteiger partial charge >= 0.3 is 0 Å². The maximum atomic E-state index is 4.89. The summed E-state index contributed by atoms with van der Waals surface area (Å²) in [6.45, 7) is 6.00. The highest BCUT2D eigenvalue weighted by molar-refractivity contribution is 5.80. The normalized spacial score (nSPS) is 22.8. The van der Waals surface area contributed by atoms with E-state index in [1.165, 1.54) is 12.0 Å². The third-order valence-corrected chi connectivity index (χ3v) is 5.79. The zero-order chi connectivity index (χ0) is 19.2. The van der Waals surface area contributed by atoms with Crippen molar-refractivity contribution in [3.05, 3.63) is 60.3 Å². The third kappa shape index (κ3) is 4.83. The van der Waals surface area contributed by atoms with Crippen LogP contribution in [0.1, 0.15) is 37.7 Å². The minimum Gasteiger partial charge on any atom is -0.357 e. The molecule has 5 heteroatoms. The molecule has 2 aliphatic rings. The highest BCUT2D eigenvalue weighted by atomic mass is 15.2. The standard InChI is InChI=1S/C23H31N5/c1-2-24-23(26-17-19-16-21(19)18-8-4-3-5-9-18)27-20-11-14-28(15-12-20)22-10-6-7-13-25-22/h3-10,13,19-21H,2,11-12,14-17H2,1H3,(H2,24,26,27).